The van der Waals surface area contributed by atoms with Crippen LogP contribution in [0.3, 0.4) is 0 Å². The van der Waals surface area contributed by atoms with E-state index in [0.29, 0.717) is 28.2 Å². The van der Waals surface area contributed by atoms with Crippen molar-refractivity contribution >= 4 is 39.1 Å². The number of ether oxygens (including phenoxy) is 2. The van der Waals surface area contributed by atoms with Crippen LogP contribution in [0.25, 0.3) is 0 Å². The molecule has 3 nitrogen and oxygen atoms in total. The highest BCUT2D eigenvalue weighted by atomic mass is 79.9. The number of unbranched alkanes of at least 4 members (excludes halogenated alkanes) is 5. The Hall–Kier alpha value is -0.940. The van der Waals surface area contributed by atoms with Gasteiger partial charge in [-0.3, -0.25) is 0 Å². The van der Waals surface area contributed by atoms with Crippen molar-refractivity contribution in [3.05, 3.63) is 56.0 Å². The first-order valence-electron chi connectivity index (χ1n) is 10.2. The first kappa shape index (κ1) is 24.3. The maximum atomic E-state index is 6.08. The molecule has 1 N–H and O–H groups in total. The quantitative estimate of drug-likeness (QED) is 0.283. The maximum Gasteiger partial charge on any atom is 0.162 e. The molecular weight excluding hydrogens is 473 g/mol. The predicted octanol–water partition coefficient (Wildman–Crippen LogP) is 7.79. The topological polar surface area (TPSA) is 30.5 Å². The van der Waals surface area contributed by atoms with E-state index in [2.05, 4.69) is 28.2 Å². The molecule has 2 aromatic carbocycles. The van der Waals surface area contributed by atoms with Crippen molar-refractivity contribution < 1.29 is 9.47 Å². The lowest BCUT2D eigenvalue weighted by Gasteiger charge is -2.15. The molecule has 0 unspecified atom stereocenters. The predicted molar refractivity (Wildman–Crippen MR) is 127 cm³/mol. The molecule has 0 amide bonds. The first-order chi connectivity index (χ1) is 14.0. The van der Waals surface area contributed by atoms with Crippen molar-refractivity contribution in [2.75, 3.05) is 13.7 Å². The molecule has 0 spiro atoms. The van der Waals surface area contributed by atoms with Crippen LogP contribution in [0.4, 0.5) is 0 Å². The molecule has 0 atom stereocenters. The number of hydrogen-bond donors (Lipinski definition) is 1. The van der Waals surface area contributed by atoms with Gasteiger partial charge in [-0.25, -0.2) is 0 Å². The highest BCUT2D eigenvalue weighted by Crippen LogP contribution is 2.34. The second-order valence-corrected chi connectivity index (χ2v) is 8.74. The van der Waals surface area contributed by atoms with Crippen LogP contribution >= 0.6 is 39.1 Å². The van der Waals surface area contributed by atoms with E-state index in [9.17, 15) is 0 Å². The number of halogens is 3. The summed E-state index contributed by atoms with van der Waals surface area (Å²) in [4.78, 5) is 0. The Morgan fingerprint density at radius 1 is 0.931 bits per heavy atom. The van der Waals surface area contributed by atoms with Crippen molar-refractivity contribution in [1.82, 2.24) is 5.32 Å². The minimum Gasteiger partial charge on any atom is -0.493 e. The number of hydrogen-bond acceptors (Lipinski definition) is 3. The van der Waals surface area contributed by atoms with Gasteiger partial charge in [-0.15, -0.1) is 0 Å². The van der Waals surface area contributed by atoms with Gasteiger partial charge >= 0.3 is 0 Å². The number of rotatable bonds is 13. The summed E-state index contributed by atoms with van der Waals surface area (Å²) in [6, 6.07) is 9.46. The molecule has 160 valence electrons. The lowest BCUT2D eigenvalue weighted by molar-refractivity contribution is 0.284. The van der Waals surface area contributed by atoms with E-state index < -0.39 is 0 Å². The van der Waals surface area contributed by atoms with Gasteiger partial charge < -0.3 is 14.8 Å². The fourth-order valence-electron chi connectivity index (χ4n) is 3.03. The number of methoxy groups -OCH3 is 1. The van der Waals surface area contributed by atoms with Gasteiger partial charge in [0.25, 0.3) is 0 Å². The van der Waals surface area contributed by atoms with Crippen LogP contribution in [0.5, 0.6) is 11.5 Å². The van der Waals surface area contributed by atoms with Crippen LogP contribution in [0.1, 0.15) is 56.6 Å². The summed E-state index contributed by atoms with van der Waals surface area (Å²) in [6.07, 6.45) is 7.82. The zero-order valence-electron chi connectivity index (χ0n) is 17.2. The Morgan fingerprint density at radius 3 is 2.41 bits per heavy atom. The molecule has 0 bridgehead atoms. The van der Waals surface area contributed by atoms with Crippen LogP contribution in [0.15, 0.2) is 34.8 Å². The van der Waals surface area contributed by atoms with Gasteiger partial charge in [0.05, 0.1) is 17.2 Å². The molecule has 0 radical (unpaired) electrons. The van der Waals surface area contributed by atoms with Crippen LogP contribution in [0, 0.1) is 0 Å². The van der Waals surface area contributed by atoms with Crippen LogP contribution in [0.2, 0.25) is 10.0 Å². The molecule has 2 aromatic rings. The van der Waals surface area contributed by atoms with Gasteiger partial charge in [0.15, 0.2) is 11.5 Å². The Balaban J connectivity index is 1.86. The molecule has 0 heterocycles. The smallest absolute Gasteiger partial charge is 0.162 e. The second-order valence-electron chi connectivity index (χ2n) is 7.08. The Morgan fingerprint density at radius 2 is 1.69 bits per heavy atom. The molecule has 0 aliphatic heterocycles. The first-order valence-corrected chi connectivity index (χ1v) is 11.7. The normalized spacial score (nSPS) is 10.9. The molecule has 0 fully saturated rings. The van der Waals surface area contributed by atoms with E-state index in [-0.39, 0.29) is 0 Å². The molecule has 0 saturated carbocycles. The van der Waals surface area contributed by atoms with Gasteiger partial charge in [0, 0.05) is 11.0 Å². The molecular formula is C23H30BrCl2NO2. The van der Waals surface area contributed by atoms with E-state index in [1.807, 2.05) is 24.3 Å². The minimum atomic E-state index is 0.384. The van der Waals surface area contributed by atoms with E-state index in [1.54, 1.807) is 13.2 Å². The van der Waals surface area contributed by atoms with Crippen LogP contribution < -0.4 is 14.8 Å². The summed E-state index contributed by atoms with van der Waals surface area (Å²) in [6.45, 7) is 4.45. The monoisotopic (exact) mass is 501 g/mol. The Kier molecular flexibility index (Phi) is 11.2. The summed E-state index contributed by atoms with van der Waals surface area (Å²) in [7, 11) is 1.66. The standard InChI is InChI=1S/C23H30BrCl2NO2/c1-3-4-5-6-7-8-11-27-15-18-13-22(28-2)23(14-19(18)24)29-16-17-9-10-20(25)21(26)12-17/h9-10,12-14,27H,3-8,11,15-16H2,1-2H3. The third-order valence-corrected chi connectivity index (χ3v) is 6.21. The number of nitrogens with one attached hydrogen (secondary N) is 1. The van der Waals surface area contributed by atoms with E-state index in [0.717, 1.165) is 28.7 Å². The van der Waals surface area contributed by atoms with Gasteiger partial charge in [-0.2, -0.15) is 0 Å². The van der Waals surface area contributed by atoms with E-state index >= 15 is 0 Å². The van der Waals surface area contributed by atoms with E-state index in [1.165, 1.54) is 38.5 Å². The molecule has 0 aliphatic rings. The number of benzene rings is 2. The lowest BCUT2D eigenvalue weighted by atomic mass is 10.1. The lowest BCUT2D eigenvalue weighted by Crippen LogP contribution is -2.15. The molecule has 6 heteroatoms. The summed E-state index contributed by atoms with van der Waals surface area (Å²) in [5.74, 6) is 1.40. The van der Waals surface area contributed by atoms with Gasteiger partial charge in [0.2, 0.25) is 0 Å². The largest absolute Gasteiger partial charge is 0.493 e. The summed E-state index contributed by atoms with van der Waals surface area (Å²) < 4.78 is 12.5. The summed E-state index contributed by atoms with van der Waals surface area (Å²) in [5.41, 5.74) is 2.09. The minimum absolute atomic E-state index is 0.384. The second kappa shape index (κ2) is 13.4. The zero-order valence-corrected chi connectivity index (χ0v) is 20.3. The maximum absolute atomic E-state index is 6.08. The summed E-state index contributed by atoms with van der Waals surface area (Å²) >= 11 is 15.7. The Bertz CT molecular complexity index is 771. The molecule has 0 saturated heterocycles. The fourth-order valence-corrected chi connectivity index (χ4v) is 3.81. The van der Waals surface area contributed by atoms with Crippen molar-refractivity contribution in [3.8, 4) is 11.5 Å². The Labute approximate surface area is 193 Å². The van der Waals surface area contributed by atoms with E-state index in [4.69, 9.17) is 32.7 Å². The van der Waals surface area contributed by atoms with Gasteiger partial charge in [-0.1, -0.05) is 84.2 Å². The SMILES string of the molecule is CCCCCCCCNCc1cc(OC)c(OCc2ccc(Cl)c(Cl)c2)cc1Br. The molecule has 2 rings (SSSR count). The molecule has 0 aromatic heterocycles. The van der Waals surface area contributed by atoms with Crippen molar-refractivity contribution in [1.29, 1.82) is 0 Å². The van der Waals surface area contributed by atoms with Gasteiger partial charge in [0.1, 0.15) is 6.61 Å². The highest BCUT2D eigenvalue weighted by Gasteiger charge is 2.11. The van der Waals surface area contributed by atoms with Crippen molar-refractivity contribution in [3.63, 3.8) is 0 Å². The third-order valence-electron chi connectivity index (χ3n) is 4.73. The van der Waals surface area contributed by atoms with Crippen molar-refractivity contribution in [2.45, 2.75) is 58.6 Å². The fraction of sp³-hybridized carbons (Fsp3) is 0.478. The van der Waals surface area contributed by atoms with Crippen LogP contribution in [-0.4, -0.2) is 13.7 Å². The third kappa shape index (κ3) is 8.37. The highest BCUT2D eigenvalue weighted by molar-refractivity contribution is 9.10. The van der Waals surface area contributed by atoms with Gasteiger partial charge in [-0.05, 0) is 48.4 Å². The molecule has 0 aliphatic carbocycles. The summed E-state index contributed by atoms with van der Waals surface area (Å²) in [5, 5.41) is 4.58. The zero-order chi connectivity index (χ0) is 21.1. The average Bonchev–Trinajstić information content (AvgIpc) is 2.72. The van der Waals surface area contributed by atoms with Crippen molar-refractivity contribution in [2.24, 2.45) is 0 Å². The van der Waals surface area contributed by atoms with Crippen LogP contribution in [-0.2, 0) is 13.2 Å². The average molecular weight is 503 g/mol. The molecule has 29 heavy (non-hydrogen) atoms.